The fourth-order valence-electron chi connectivity index (χ4n) is 1.59. The molecule has 0 amide bonds. The smallest absolute Gasteiger partial charge is 0.163 e. The van der Waals surface area contributed by atoms with Crippen molar-refractivity contribution < 1.29 is 9.47 Å². The summed E-state index contributed by atoms with van der Waals surface area (Å²) in [5.74, 6) is -0.439. The summed E-state index contributed by atoms with van der Waals surface area (Å²) in [6, 6.07) is 10.2. The number of rotatable bonds is 2. The van der Waals surface area contributed by atoms with Crippen molar-refractivity contribution in [2.75, 3.05) is 6.61 Å². The Kier molecular flexibility index (Phi) is 2.89. The standard InChI is InChI=1S/C13H16O2/c1-13(2)14-10-12(15-13)9-8-11-6-4-3-5-7-11/h3-9,12H,10H2,1-2H3/b9-8-/t12-/m0/s1. The molecule has 2 rings (SSSR count). The van der Waals surface area contributed by atoms with E-state index in [1.54, 1.807) is 0 Å². The van der Waals surface area contributed by atoms with Crippen molar-refractivity contribution in [2.24, 2.45) is 0 Å². The highest BCUT2D eigenvalue weighted by Crippen LogP contribution is 2.23. The highest BCUT2D eigenvalue weighted by Gasteiger charge is 2.30. The molecule has 1 aliphatic heterocycles. The average Bonchev–Trinajstić information content (AvgIpc) is 2.57. The summed E-state index contributed by atoms with van der Waals surface area (Å²) in [5.41, 5.74) is 1.19. The van der Waals surface area contributed by atoms with E-state index in [0.29, 0.717) is 6.61 Å². The summed E-state index contributed by atoms with van der Waals surface area (Å²) in [5, 5.41) is 0. The van der Waals surface area contributed by atoms with Crippen LogP contribution in [0.2, 0.25) is 0 Å². The minimum Gasteiger partial charge on any atom is -0.347 e. The molecule has 0 aliphatic carbocycles. The summed E-state index contributed by atoms with van der Waals surface area (Å²) in [6.07, 6.45) is 4.18. The van der Waals surface area contributed by atoms with Crippen molar-refractivity contribution in [3.05, 3.63) is 42.0 Å². The van der Waals surface area contributed by atoms with Crippen molar-refractivity contribution in [1.82, 2.24) is 0 Å². The minimum absolute atomic E-state index is 0.0696. The van der Waals surface area contributed by atoms with Gasteiger partial charge in [0, 0.05) is 0 Å². The number of ether oxygens (including phenoxy) is 2. The Labute approximate surface area is 90.5 Å². The van der Waals surface area contributed by atoms with Crippen LogP contribution in [-0.2, 0) is 9.47 Å². The molecule has 0 spiro atoms. The third-order valence-corrected chi connectivity index (χ3v) is 2.33. The zero-order chi connectivity index (χ0) is 10.7. The molecule has 1 saturated heterocycles. The Balaban J connectivity index is 1.96. The molecule has 80 valence electrons. The molecule has 0 aromatic heterocycles. The first-order chi connectivity index (χ1) is 7.16. The second-order valence-electron chi connectivity index (χ2n) is 4.14. The van der Waals surface area contributed by atoms with E-state index in [-0.39, 0.29) is 6.10 Å². The van der Waals surface area contributed by atoms with E-state index in [9.17, 15) is 0 Å². The lowest BCUT2D eigenvalue weighted by atomic mass is 10.2. The van der Waals surface area contributed by atoms with Crippen molar-refractivity contribution in [2.45, 2.75) is 25.7 Å². The highest BCUT2D eigenvalue weighted by molar-refractivity contribution is 5.49. The van der Waals surface area contributed by atoms with Gasteiger partial charge in [-0.3, -0.25) is 0 Å². The second kappa shape index (κ2) is 4.17. The summed E-state index contributed by atoms with van der Waals surface area (Å²) in [7, 11) is 0. The average molecular weight is 204 g/mol. The van der Waals surface area contributed by atoms with E-state index in [0.717, 1.165) is 0 Å². The topological polar surface area (TPSA) is 18.5 Å². The fourth-order valence-corrected chi connectivity index (χ4v) is 1.59. The lowest BCUT2D eigenvalue weighted by Gasteiger charge is -2.15. The van der Waals surface area contributed by atoms with Gasteiger partial charge in [0.1, 0.15) is 6.10 Å². The molecule has 1 atom stereocenters. The lowest BCUT2D eigenvalue weighted by Crippen LogP contribution is -2.20. The lowest BCUT2D eigenvalue weighted by molar-refractivity contribution is -0.133. The molecule has 1 aromatic carbocycles. The van der Waals surface area contributed by atoms with Gasteiger partial charge in [-0.05, 0) is 19.4 Å². The molecule has 2 nitrogen and oxygen atoms in total. The predicted molar refractivity (Wildman–Crippen MR) is 60.4 cm³/mol. The zero-order valence-electron chi connectivity index (χ0n) is 9.14. The van der Waals surface area contributed by atoms with Crippen molar-refractivity contribution in [1.29, 1.82) is 0 Å². The Morgan fingerprint density at radius 2 is 2.00 bits per heavy atom. The van der Waals surface area contributed by atoms with Gasteiger partial charge in [-0.15, -0.1) is 0 Å². The van der Waals surface area contributed by atoms with Crippen LogP contribution in [0.25, 0.3) is 6.08 Å². The van der Waals surface area contributed by atoms with Gasteiger partial charge in [0.15, 0.2) is 5.79 Å². The van der Waals surface area contributed by atoms with Crippen molar-refractivity contribution in [3.8, 4) is 0 Å². The maximum absolute atomic E-state index is 5.66. The molecule has 0 N–H and O–H groups in total. The molecule has 0 saturated carbocycles. The maximum Gasteiger partial charge on any atom is 0.163 e. The first kappa shape index (κ1) is 10.4. The van der Waals surface area contributed by atoms with Gasteiger partial charge in [-0.1, -0.05) is 42.5 Å². The van der Waals surface area contributed by atoms with Gasteiger partial charge in [0.25, 0.3) is 0 Å². The van der Waals surface area contributed by atoms with Crippen LogP contribution < -0.4 is 0 Å². The SMILES string of the molecule is CC1(C)OC[C@H](/C=C\c2ccccc2)O1. The number of hydrogen-bond acceptors (Lipinski definition) is 2. The van der Waals surface area contributed by atoms with Crippen molar-refractivity contribution in [3.63, 3.8) is 0 Å². The predicted octanol–water partition coefficient (Wildman–Crippen LogP) is 2.85. The molecule has 0 unspecified atom stereocenters. The van der Waals surface area contributed by atoms with Gasteiger partial charge in [0.2, 0.25) is 0 Å². The maximum atomic E-state index is 5.66. The van der Waals surface area contributed by atoms with Gasteiger partial charge in [0.05, 0.1) is 6.61 Å². The first-order valence-electron chi connectivity index (χ1n) is 5.21. The van der Waals surface area contributed by atoms with Crippen molar-refractivity contribution >= 4 is 6.08 Å². The molecule has 1 fully saturated rings. The van der Waals surface area contributed by atoms with Crippen LogP contribution >= 0.6 is 0 Å². The number of benzene rings is 1. The summed E-state index contributed by atoms with van der Waals surface area (Å²) >= 11 is 0. The Hall–Kier alpha value is -1.12. The van der Waals surface area contributed by atoms with Gasteiger partial charge < -0.3 is 9.47 Å². The molecule has 2 heteroatoms. The molecular formula is C13H16O2. The summed E-state index contributed by atoms with van der Waals surface area (Å²) in [4.78, 5) is 0. The minimum atomic E-state index is -0.439. The monoisotopic (exact) mass is 204 g/mol. The van der Waals surface area contributed by atoms with E-state index in [1.807, 2.05) is 38.1 Å². The van der Waals surface area contributed by atoms with E-state index >= 15 is 0 Å². The van der Waals surface area contributed by atoms with E-state index in [2.05, 4.69) is 18.2 Å². The molecular weight excluding hydrogens is 188 g/mol. The molecule has 1 aromatic rings. The largest absolute Gasteiger partial charge is 0.347 e. The van der Waals surface area contributed by atoms with Crippen LogP contribution in [0, 0.1) is 0 Å². The first-order valence-corrected chi connectivity index (χ1v) is 5.21. The van der Waals surface area contributed by atoms with Gasteiger partial charge in [-0.2, -0.15) is 0 Å². The van der Waals surface area contributed by atoms with Crippen LogP contribution in [0.1, 0.15) is 19.4 Å². The van der Waals surface area contributed by atoms with Crippen LogP contribution in [0.4, 0.5) is 0 Å². The van der Waals surface area contributed by atoms with Gasteiger partial charge in [-0.25, -0.2) is 0 Å². The molecule has 0 bridgehead atoms. The van der Waals surface area contributed by atoms with Crippen LogP contribution in [0.3, 0.4) is 0 Å². The van der Waals surface area contributed by atoms with Gasteiger partial charge >= 0.3 is 0 Å². The summed E-state index contributed by atoms with van der Waals surface area (Å²) < 4.78 is 11.1. The van der Waals surface area contributed by atoms with Crippen LogP contribution in [0.15, 0.2) is 36.4 Å². The summed E-state index contributed by atoms with van der Waals surface area (Å²) in [6.45, 7) is 4.50. The van der Waals surface area contributed by atoms with E-state index in [1.165, 1.54) is 5.56 Å². The number of hydrogen-bond donors (Lipinski definition) is 0. The quantitative estimate of drug-likeness (QED) is 0.737. The third kappa shape index (κ3) is 2.91. The Morgan fingerprint density at radius 3 is 2.60 bits per heavy atom. The molecule has 1 aliphatic rings. The van der Waals surface area contributed by atoms with Crippen LogP contribution in [0.5, 0.6) is 0 Å². The normalized spacial score (nSPS) is 24.8. The highest BCUT2D eigenvalue weighted by atomic mass is 16.7. The van der Waals surface area contributed by atoms with Crippen LogP contribution in [-0.4, -0.2) is 18.5 Å². The molecule has 15 heavy (non-hydrogen) atoms. The Morgan fingerprint density at radius 1 is 1.27 bits per heavy atom. The zero-order valence-corrected chi connectivity index (χ0v) is 9.14. The Bertz CT molecular complexity index is 341. The fraction of sp³-hybridized carbons (Fsp3) is 0.385. The second-order valence-corrected chi connectivity index (χ2v) is 4.14. The van der Waals surface area contributed by atoms with E-state index in [4.69, 9.17) is 9.47 Å². The molecule has 1 heterocycles. The molecule has 0 radical (unpaired) electrons. The van der Waals surface area contributed by atoms with E-state index < -0.39 is 5.79 Å². The third-order valence-electron chi connectivity index (χ3n) is 2.33.